The van der Waals surface area contributed by atoms with E-state index in [4.69, 9.17) is 4.74 Å². The van der Waals surface area contributed by atoms with Crippen molar-refractivity contribution in [2.45, 2.75) is 52.3 Å². The number of carbonyl (C=O) groups is 2. The topological polar surface area (TPSA) is 89.8 Å². The first-order valence-electron chi connectivity index (χ1n) is 8.45. The van der Waals surface area contributed by atoms with Gasteiger partial charge in [-0.3, -0.25) is 19.8 Å². The number of carbonyl (C=O) groups excluding carboxylic acids is 2. The Labute approximate surface area is 147 Å². The molecule has 1 saturated heterocycles. The summed E-state index contributed by atoms with van der Waals surface area (Å²) in [6.07, 6.45) is 0.117. The first-order valence-corrected chi connectivity index (χ1v) is 8.45. The van der Waals surface area contributed by atoms with Crippen LogP contribution >= 0.6 is 0 Å². The van der Waals surface area contributed by atoms with Crippen LogP contribution in [-0.2, 0) is 9.53 Å². The van der Waals surface area contributed by atoms with E-state index in [1.807, 2.05) is 27.7 Å². The molecule has 2 atom stereocenters. The summed E-state index contributed by atoms with van der Waals surface area (Å²) in [5, 5.41) is 10.7. The second kappa shape index (κ2) is 7.74. The number of hydrogen-bond acceptors (Lipinski definition) is 6. The highest BCUT2D eigenvalue weighted by molar-refractivity contribution is 5.90. The Morgan fingerprint density at radius 3 is 2.28 bits per heavy atom. The molecule has 7 heteroatoms. The quantitative estimate of drug-likeness (QED) is 0.446. The number of non-ortho nitro benzene ring substituents is 1. The molecule has 1 fully saturated rings. The van der Waals surface area contributed by atoms with Gasteiger partial charge in [0.25, 0.3) is 5.69 Å². The largest absolute Gasteiger partial charge is 0.457 e. The average Bonchev–Trinajstić information content (AvgIpc) is 2.98. The molecule has 0 saturated carbocycles. The third kappa shape index (κ3) is 4.42. The van der Waals surface area contributed by atoms with Gasteiger partial charge >= 0.3 is 5.97 Å². The summed E-state index contributed by atoms with van der Waals surface area (Å²) in [4.78, 5) is 36.9. The first kappa shape index (κ1) is 19.1. The fourth-order valence-electron chi connectivity index (χ4n) is 3.08. The second-order valence-electron chi connectivity index (χ2n) is 6.93. The molecule has 7 nitrogen and oxygen atoms in total. The van der Waals surface area contributed by atoms with Crippen LogP contribution in [0.4, 0.5) is 5.69 Å². The van der Waals surface area contributed by atoms with E-state index in [1.165, 1.54) is 24.3 Å². The number of nitro groups is 1. The van der Waals surface area contributed by atoms with Gasteiger partial charge in [0.05, 0.1) is 16.5 Å². The van der Waals surface area contributed by atoms with Gasteiger partial charge in [-0.2, -0.15) is 0 Å². The lowest BCUT2D eigenvalue weighted by atomic mass is 9.99. The number of esters is 1. The van der Waals surface area contributed by atoms with Gasteiger partial charge in [0.2, 0.25) is 0 Å². The normalized spacial score (nSPS) is 20.9. The van der Waals surface area contributed by atoms with Crippen molar-refractivity contribution in [1.82, 2.24) is 4.90 Å². The Balaban J connectivity index is 2.05. The van der Waals surface area contributed by atoms with Gasteiger partial charge in [0.1, 0.15) is 6.10 Å². The van der Waals surface area contributed by atoms with Crippen molar-refractivity contribution in [1.29, 1.82) is 0 Å². The molecule has 1 aliphatic rings. The van der Waals surface area contributed by atoms with Crippen LogP contribution in [-0.4, -0.2) is 46.3 Å². The van der Waals surface area contributed by atoms with Gasteiger partial charge in [-0.05, 0) is 26.0 Å². The van der Waals surface area contributed by atoms with E-state index in [0.29, 0.717) is 13.0 Å². The summed E-state index contributed by atoms with van der Waals surface area (Å²) >= 11 is 0. The zero-order chi connectivity index (χ0) is 18.7. The van der Waals surface area contributed by atoms with Crippen LogP contribution < -0.4 is 0 Å². The zero-order valence-corrected chi connectivity index (χ0v) is 15.0. The highest BCUT2D eigenvalue weighted by Crippen LogP contribution is 2.26. The van der Waals surface area contributed by atoms with Crippen molar-refractivity contribution in [2.75, 3.05) is 6.54 Å². The van der Waals surface area contributed by atoms with Gasteiger partial charge in [-0.25, -0.2) is 4.79 Å². The van der Waals surface area contributed by atoms with E-state index < -0.39 is 10.9 Å². The molecular weight excluding hydrogens is 324 g/mol. The number of nitro benzene ring substituents is 1. The molecule has 2 rings (SSSR count). The molecule has 0 aromatic heterocycles. The predicted octanol–water partition coefficient (Wildman–Crippen LogP) is 2.83. The molecule has 1 aromatic rings. The first-order chi connectivity index (χ1) is 11.7. The number of ether oxygens (including phenoxy) is 1. The van der Waals surface area contributed by atoms with E-state index in [1.54, 1.807) is 0 Å². The van der Waals surface area contributed by atoms with Crippen molar-refractivity contribution >= 4 is 17.4 Å². The van der Waals surface area contributed by atoms with Gasteiger partial charge in [0.15, 0.2) is 5.78 Å². The summed E-state index contributed by atoms with van der Waals surface area (Å²) in [7, 11) is 0. The van der Waals surface area contributed by atoms with Crippen LogP contribution in [0.15, 0.2) is 24.3 Å². The highest BCUT2D eigenvalue weighted by atomic mass is 16.6. The maximum Gasteiger partial charge on any atom is 0.338 e. The number of rotatable bonds is 6. The number of hydrogen-bond donors (Lipinski definition) is 0. The van der Waals surface area contributed by atoms with Crippen molar-refractivity contribution in [3.63, 3.8) is 0 Å². The Morgan fingerprint density at radius 1 is 1.20 bits per heavy atom. The molecule has 0 spiro atoms. The molecule has 0 radical (unpaired) electrons. The Morgan fingerprint density at radius 2 is 1.80 bits per heavy atom. The molecular formula is C18H24N2O5. The number of ketones is 1. The minimum absolute atomic E-state index is 0.0737. The lowest BCUT2D eigenvalue weighted by molar-refractivity contribution is -0.384. The molecule has 0 unspecified atom stereocenters. The van der Waals surface area contributed by atoms with Crippen molar-refractivity contribution in [3.8, 4) is 0 Å². The SMILES string of the molecule is CC(C)C(=O)[C@@H]1C[C@H](OC(=O)c2ccc([N+](=O)[O-])cc2)CN1C(C)C. The maximum atomic E-state index is 12.4. The molecule has 1 aromatic carbocycles. The number of benzene rings is 1. The number of likely N-dealkylation sites (tertiary alicyclic amines) is 1. The maximum absolute atomic E-state index is 12.4. The standard InChI is InChI=1S/C18H24N2O5/c1-11(2)17(21)16-9-15(10-19(16)12(3)4)25-18(22)13-5-7-14(8-6-13)20(23)24/h5-8,11-12,15-16H,9-10H2,1-4H3/t15-,16-/m0/s1. The third-order valence-electron chi connectivity index (χ3n) is 4.45. The van der Waals surface area contributed by atoms with E-state index in [0.717, 1.165) is 0 Å². The van der Waals surface area contributed by atoms with Crippen molar-refractivity contribution in [3.05, 3.63) is 39.9 Å². The van der Waals surface area contributed by atoms with Crippen LogP contribution in [0.5, 0.6) is 0 Å². The van der Waals surface area contributed by atoms with Crippen LogP contribution in [0.25, 0.3) is 0 Å². The smallest absolute Gasteiger partial charge is 0.338 e. The van der Waals surface area contributed by atoms with Crippen LogP contribution in [0.1, 0.15) is 44.5 Å². The predicted molar refractivity (Wildman–Crippen MR) is 92.4 cm³/mol. The van der Waals surface area contributed by atoms with Gasteiger partial charge in [-0.15, -0.1) is 0 Å². The molecule has 0 aliphatic carbocycles. The highest BCUT2D eigenvalue weighted by Gasteiger charge is 2.40. The van der Waals surface area contributed by atoms with Crippen LogP contribution in [0.2, 0.25) is 0 Å². The molecule has 0 bridgehead atoms. The third-order valence-corrected chi connectivity index (χ3v) is 4.45. The Hall–Kier alpha value is -2.28. The van der Waals surface area contributed by atoms with Crippen molar-refractivity contribution < 1.29 is 19.2 Å². The Kier molecular flexibility index (Phi) is 5.89. The summed E-state index contributed by atoms with van der Waals surface area (Å²) in [5.74, 6) is -0.445. The second-order valence-corrected chi connectivity index (χ2v) is 6.93. The molecule has 0 amide bonds. The lowest BCUT2D eigenvalue weighted by Crippen LogP contribution is -2.42. The average molecular weight is 348 g/mol. The zero-order valence-electron chi connectivity index (χ0n) is 15.0. The Bertz CT molecular complexity index is 654. The van der Waals surface area contributed by atoms with E-state index in [-0.39, 0.29) is 41.1 Å². The summed E-state index contributed by atoms with van der Waals surface area (Å²) < 4.78 is 5.54. The van der Waals surface area contributed by atoms with E-state index in [2.05, 4.69) is 4.90 Å². The molecule has 1 aliphatic heterocycles. The monoisotopic (exact) mass is 348 g/mol. The molecule has 0 N–H and O–H groups in total. The van der Waals surface area contributed by atoms with Gasteiger partial charge in [-0.1, -0.05) is 13.8 Å². The van der Waals surface area contributed by atoms with Crippen molar-refractivity contribution in [2.24, 2.45) is 5.92 Å². The van der Waals surface area contributed by atoms with Gasteiger partial charge in [0, 0.05) is 37.1 Å². The minimum atomic E-state index is -0.527. The van der Waals surface area contributed by atoms with Crippen LogP contribution in [0, 0.1) is 16.0 Å². The van der Waals surface area contributed by atoms with Crippen LogP contribution in [0.3, 0.4) is 0 Å². The fraction of sp³-hybridized carbons (Fsp3) is 0.556. The number of nitrogens with zero attached hydrogens (tertiary/aromatic N) is 2. The molecule has 25 heavy (non-hydrogen) atoms. The van der Waals surface area contributed by atoms with Gasteiger partial charge < -0.3 is 4.74 Å². The van der Waals surface area contributed by atoms with E-state index in [9.17, 15) is 19.7 Å². The molecule has 136 valence electrons. The fourth-order valence-corrected chi connectivity index (χ4v) is 3.08. The summed E-state index contributed by atoms with van der Waals surface area (Å²) in [6.45, 7) is 8.29. The summed E-state index contributed by atoms with van der Waals surface area (Å²) in [5.41, 5.74) is 0.186. The van der Waals surface area contributed by atoms with E-state index >= 15 is 0 Å². The summed E-state index contributed by atoms with van der Waals surface area (Å²) in [6, 6.07) is 5.25. The lowest BCUT2D eigenvalue weighted by Gasteiger charge is -2.27. The number of Topliss-reactive ketones (excluding diaryl/α,β-unsaturated/α-hetero) is 1. The molecule has 1 heterocycles. The minimum Gasteiger partial charge on any atom is -0.457 e.